The van der Waals surface area contributed by atoms with E-state index in [1.54, 1.807) is 12.1 Å². The van der Waals surface area contributed by atoms with Crippen molar-refractivity contribution in [1.29, 1.82) is 0 Å². The van der Waals surface area contributed by atoms with Crippen LogP contribution in [0.2, 0.25) is 0 Å². The molecule has 7 heteroatoms. The van der Waals surface area contributed by atoms with E-state index in [0.29, 0.717) is 36.4 Å². The first-order chi connectivity index (χ1) is 18.1. The van der Waals surface area contributed by atoms with E-state index < -0.39 is 5.41 Å². The van der Waals surface area contributed by atoms with Crippen LogP contribution >= 0.6 is 0 Å². The number of aromatic nitrogens is 1. The number of fused-ring (bicyclic) bond motifs is 3. The number of benzene rings is 1. The standard InChI is InChI=1S/C30H37N3O4/c34-21-26-11-10-25(19-31-26)32-28(35)9-5-7-22-6-4-8-24(18-22)30(14-2-1-3-15-30)29(36)37-27-20-33-16-12-23(27)13-17-33/h4,6,8,10-11,18-19,21,23,27H,1-3,5,7,9,12-17,20H2,(H,32,35)/t27-/m0/s1. The van der Waals surface area contributed by atoms with Crippen LogP contribution in [0.5, 0.6) is 0 Å². The van der Waals surface area contributed by atoms with Gasteiger partial charge in [0.25, 0.3) is 0 Å². The SMILES string of the molecule is O=Cc1ccc(NC(=O)CCCc2cccc(C3(C(=O)O[C@H]4CN5CCC4CC5)CCCCC3)c2)cn1. The quantitative estimate of drug-likeness (QED) is 0.394. The molecule has 1 saturated carbocycles. The van der Waals surface area contributed by atoms with Gasteiger partial charge in [0.15, 0.2) is 6.29 Å². The number of nitrogens with zero attached hydrogens (tertiary/aromatic N) is 2. The Morgan fingerprint density at radius 1 is 1.11 bits per heavy atom. The number of carbonyl (C=O) groups is 3. The van der Waals surface area contributed by atoms with Crippen molar-refractivity contribution in [3.8, 4) is 0 Å². The fraction of sp³-hybridized carbons (Fsp3) is 0.533. The minimum Gasteiger partial charge on any atom is -0.460 e. The zero-order chi connectivity index (χ0) is 25.7. The zero-order valence-corrected chi connectivity index (χ0v) is 21.5. The summed E-state index contributed by atoms with van der Waals surface area (Å²) in [5.74, 6) is 0.393. The Hall–Kier alpha value is -3.06. The number of aryl methyl sites for hydroxylation is 1. The average molecular weight is 504 g/mol. The van der Waals surface area contributed by atoms with Crippen LogP contribution in [-0.4, -0.2) is 53.8 Å². The molecule has 0 radical (unpaired) electrons. The molecule has 37 heavy (non-hydrogen) atoms. The highest BCUT2D eigenvalue weighted by molar-refractivity contribution is 5.90. The second kappa shape index (κ2) is 11.5. The highest BCUT2D eigenvalue weighted by atomic mass is 16.5. The van der Waals surface area contributed by atoms with Crippen LogP contribution in [0.25, 0.3) is 0 Å². The lowest BCUT2D eigenvalue weighted by Crippen LogP contribution is -2.53. The second-order valence-electron chi connectivity index (χ2n) is 10.9. The normalized spacial score (nSPS) is 24.3. The van der Waals surface area contributed by atoms with Crippen LogP contribution in [0.15, 0.2) is 42.6 Å². The Labute approximate surface area is 219 Å². The minimum absolute atomic E-state index is 0.0281. The van der Waals surface area contributed by atoms with Crippen LogP contribution < -0.4 is 5.32 Å². The minimum atomic E-state index is -0.557. The number of carbonyl (C=O) groups excluding carboxylic acids is 3. The summed E-state index contributed by atoms with van der Waals surface area (Å²) in [4.78, 5) is 43.3. The van der Waals surface area contributed by atoms with Gasteiger partial charge in [0.1, 0.15) is 11.8 Å². The molecule has 4 heterocycles. The predicted molar refractivity (Wildman–Crippen MR) is 141 cm³/mol. The Balaban J connectivity index is 1.21. The Morgan fingerprint density at radius 3 is 2.59 bits per heavy atom. The van der Waals surface area contributed by atoms with Gasteiger partial charge < -0.3 is 10.1 Å². The maximum Gasteiger partial charge on any atom is 0.316 e. The highest BCUT2D eigenvalue weighted by Gasteiger charge is 2.45. The second-order valence-corrected chi connectivity index (χ2v) is 10.9. The zero-order valence-electron chi connectivity index (χ0n) is 21.5. The van der Waals surface area contributed by atoms with Crippen LogP contribution in [0.4, 0.5) is 5.69 Å². The number of anilines is 1. The topological polar surface area (TPSA) is 88.6 Å². The van der Waals surface area contributed by atoms with Gasteiger partial charge in [0.2, 0.25) is 5.91 Å². The van der Waals surface area contributed by atoms with Crippen molar-refractivity contribution in [2.75, 3.05) is 25.0 Å². The number of amides is 1. The van der Waals surface area contributed by atoms with Crippen molar-refractivity contribution in [3.63, 3.8) is 0 Å². The molecule has 2 aromatic rings. The number of hydrogen-bond acceptors (Lipinski definition) is 6. The van der Waals surface area contributed by atoms with Crippen LogP contribution in [0, 0.1) is 5.92 Å². The molecule has 1 N–H and O–H groups in total. The van der Waals surface area contributed by atoms with Crippen molar-refractivity contribution < 1.29 is 19.1 Å². The van der Waals surface area contributed by atoms with Gasteiger partial charge >= 0.3 is 5.97 Å². The first kappa shape index (κ1) is 25.6. The molecular formula is C30H37N3O4. The van der Waals surface area contributed by atoms with Gasteiger partial charge in [-0.2, -0.15) is 0 Å². The van der Waals surface area contributed by atoms with E-state index >= 15 is 0 Å². The third kappa shape index (κ3) is 5.93. The van der Waals surface area contributed by atoms with E-state index in [0.717, 1.165) is 82.1 Å². The van der Waals surface area contributed by atoms with Gasteiger partial charge in [-0.25, -0.2) is 0 Å². The summed E-state index contributed by atoms with van der Waals surface area (Å²) >= 11 is 0. The van der Waals surface area contributed by atoms with E-state index in [4.69, 9.17) is 4.74 Å². The summed E-state index contributed by atoms with van der Waals surface area (Å²) in [5, 5.41) is 2.83. The predicted octanol–water partition coefficient (Wildman–Crippen LogP) is 4.69. The number of esters is 1. The van der Waals surface area contributed by atoms with Crippen molar-refractivity contribution in [2.24, 2.45) is 5.92 Å². The Bertz CT molecular complexity index is 1100. The number of pyridine rings is 1. The molecule has 4 fully saturated rings. The molecule has 4 aliphatic rings. The van der Waals surface area contributed by atoms with Gasteiger partial charge in [-0.1, -0.05) is 43.5 Å². The van der Waals surface area contributed by atoms with Crippen LogP contribution in [0.3, 0.4) is 0 Å². The summed E-state index contributed by atoms with van der Waals surface area (Å²) in [7, 11) is 0. The third-order valence-corrected chi connectivity index (χ3v) is 8.49. The third-order valence-electron chi connectivity index (χ3n) is 8.49. The molecule has 3 saturated heterocycles. The first-order valence-electron chi connectivity index (χ1n) is 13.8. The number of ether oxygens (including phenoxy) is 1. The summed E-state index contributed by atoms with van der Waals surface area (Å²) in [6.45, 7) is 3.15. The number of aldehydes is 1. The summed E-state index contributed by atoms with van der Waals surface area (Å²) in [6.07, 6.45) is 11.2. The van der Waals surface area contributed by atoms with Crippen LogP contribution in [-0.2, 0) is 26.2 Å². The Morgan fingerprint density at radius 2 is 1.92 bits per heavy atom. The molecule has 1 aromatic heterocycles. The number of piperidine rings is 3. The molecule has 1 aromatic carbocycles. The number of hydrogen-bond donors (Lipinski definition) is 1. The van der Waals surface area contributed by atoms with Gasteiger partial charge in [-0.05, 0) is 80.8 Å². The van der Waals surface area contributed by atoms with Gasteiger partial charge in [-0.3, -0.25) is 24.3 Å². The summed E-state index contributed by atoms with van der Waals surface area (Å²) < 4.78 is 6.29. The van der Waals surface area contributed by atoms with Crippen molar-refractivity contribution in [1.82, 2.24) is 9.88 Å². The molecule has 3 aliphatic heterocycles. The molecule has 1 amide bonds. The molecule has 1 aliphatic carbocycles. The monoisotopic (exact) mass is 503 g/mol. The van der Waals surface area contributed by atoms with Crippen molar-refractivity contribution in [3.05, 3.63) is 59.4 Å². The molecule has 2 bridgehead atoms. The van der Waals surface area contributed by atoms with Crippen molar-refractivity contribution >= 4 is 23.9 Å². The summed E-state index contributed by atoms with van der Waals surface area (Å²) in [6, 6.07) is 11.6. The molecule has 0 spiro atoms. The lowest BCUT2D eigenvalue weighted by atomic mass is 9.69. The molecule has 1 atom stereocenters. The smallest absolute Gasteiger partial charge is 0.316 e. The van der Waals surface area contributed by atoms with E-state index in [9.17, 15) is 14.4 Å². The molecule has 0 unspecified atom stereocenters. The van der Waals surface area contributed by atoms with Gasteiger partial charge in [0.05, 0.1) is 17.3 Å². The van der Waals surface area contributed by atoms with Crippen LogP contribution in [0.1, 0.15) is 79.4 Å². The fourth-order valence-electron chi connectivity index (χ4n) is 6.31. The van der Waals surface area contributed by atoms with E-state index in [1.807, 2.05) is 6.07 Å². The number of rotatable bonds is 9. The lowest BCUT2D eigenvalue weighted by molar-refractivity contribution is -0.167. The van der Waals surface area contributed by atoms with Gasteiger partial charge in [-0.15, -0.1) is 0 Å². The molecule has 7 nitrogen and oxygen atoms in total. The largest absolute Gasteiger partial charge is 0.460 e. The van der Waals surface area contributed by atoms with E-state index in [2.05, 4.69) is 33.4 Å². The highest BCUT2D eigenvalue weighted by Crippen LogP contribution is 2.42. The van der Waals surface area contributed by atoms with E-state index in [1.165, 1.54) is 6.20 Å². The molecule has 6 rings (SSSR count). The van der Waals surface area contributed by atoms with Crippen molar-refractivity contribution in [2.45, 2.75) is 75.7 Å². The maximum absolute atomic E-state index is 13.8. The average Bonchev–Trinajstić information content (AvgIpc) is 2.94. The van der Waals surface area contributed by atoms with Gasteiger partial charge in [0, 0.05) is 13.0 Å². The maximum atomic E-state index is 13.8. The molecule has 196 valence electrons. The first-order valence-corrected chi connectivity index (χ1v) is 13.8. The summed E-state index contributed by atoms with van der Waals surface area (Å²) in [5.41, 5.74) is 2.57. The molecular weight excluding hydrogens is 466 g/mol. The lowest BCUT2D eigenvalue weighted by Gasteiger charge is -2.45. The fourth-order valence-corrected chi connectivity index (χ4v) is 6.31. The number of nitrogens with one attached hydrogen (secondary N) is 1. The Kier molecular flexibility index (Phi) is 7.99. The van der Waals surface area contributed by atoms with E-state index in [-0.39, 0.29) is 18.0 Å².